The lowest BCUT2D eigenvalue weighted by molar-refractivity contribution is -0.138. The highest BCUT2D eigenvalue weighted by molar-refractivity contribution is 5.77. The van der Waals surface area contributed by atoms with Crippen molar-refractivity contribution in [2.24, 2.45) is 11.3 Å². The summed E-state index contributed by atoms with van der Waals surface area (Å²) in [6, 6.07) is 9.95. The van der Waals surface area contributed by atoms with Crippen LogP contribution in [0.15, 0.2) is 71.3 Å². The van der Waals surface area contributed by atoms with E-state index in [0.29, 0.717) is 11.1 Å². The van der Waals surface area contributed by atoms with Crippen molar-refractivity contribution in [3.63, 3.8) is 0 Å². The molecule has 0 nitrogen and oxygen atoms in total. The first-order chi connectivity index (χ1) is 14.2. The SMILES string of the molecule is CC1=C2C(C(C)(C)C)C=C1C2(c1cccc(C(F)(F)F)c1)c1cccc(C(F)(F)F)c1. The fraction of sp³-hybridized carbons (Fsp3) is 0.360. The van der Waals surface area contributed by atoms with Gasteiger partial charge in [-0.2, -0.15) is 26.3 Å². The predicted molar refractivity (Wildman–Crippen MR) is 107 cm³/mol. The van der Waals surface area contributed by atoms with Gasteiger partial charge in [-0.15, -0.1) is 0 Å². The number of rotatable bonds is 2. The molecule has 3 aliphatic carbocycles. The summed E-state index contributed by atoms with van der Waals surface area (Å²) >= 11 is 0. The second kappa shape index (κ2) is 6.50. The van der Waals surface area contributed by atoms with Gasteiger partial charge in [0, 0.05) is 5.92 Å². The standard InChI is InChI=1S/C25H22F6/c1-14-19-13-20(22(2,3)4)21(14)23(19,15-7-5-9-17(11-15)24(26,27)28)16-8-6-10-18(12-16)25(29,30)31/h5-13,20H,1-4H3. The zero-order valence-corrected chi connectivity index (χ0v) is 17.5. The van der Waals surface area contributed by atoms with E-state index < -0.39 is 28.9 Å². The molecule has 0 saturated carbocycles. The number of fused-ring (bicyclic) bond motifs is 1. The molecule has 3 aliphatic rings. The molecular formula is C25H22F6. The summed E-state index contributed by atoms with van der Waals surface area (Å²) in [5, 5.41) is 0. The van der Waals surface area contributed by atoms with Crippen LogP contribution in [0.3, 0.4) is 0 Å². The number of hydrogen-bond donors (Lipinski definition) is 0. The summed E-state index contributed by atoms with van der Waals surface area (Å²) in [6.45, 7) is 7.97. The molecule has 31 heavy (non-hydrogen) atoms. The highest BCUT2D eigenvalue weighted by atomic mass is 19.4. The van der Waals surface area contributed by atoms with Gasteiger partial charge in [-0.1, -0.05) is 63.2 Å². The molecule has 0 radical (unpaired) electrons. The van der Waals surface area contributed by atoms with Crippen molar-refractivity contribution in [3.05, 3.63) is 93.6 Å². The maximum absolute atomic E-state index is 13.5. The van der Waals surface area contributed by atoms with Gasteiger partial charge in [0.15, 0.2) is 0 Å². The molecule has 0 aliphatic heterocycles. The summed E-state index contributed by atoms with van der Waals surface area (Å²) in [4.78, 5) is 0. The first-order valence-corrected chi connectivity index (χ1v) is 9.98. The molecule has 0 fully saturated rings. The molecule has 5 rings (SSSR count). The minimum Gasteiger partial charge on any atom is -0.166 e. The Hall–Kier alpha value is -2.50. The third-order valence-corrected chi connectivity index (χ3v) is 6.44. The van der Waals surface area contributed by atoms with E-state index in [4.69, 9.17) is 0 Å². The number of allylic oxidation sites excluding steroid dienone is 4. The van der Waals surface area contributed by atoms with E-state index in [1.165, 1.54) is 12.1 Å². The average Bonchev–Trinajstić information content (AvgIpc) is 3.22. The van der Waals surface area contributed by atoms with Crippen LogP contribution in [0.1, 0.15) is 49.9 Å². The van der Waals surface area contributed by atoms with E-state index in [1.807, 2.05) is 33.8 Å². The molecule has 0 N–H and O–H groups in total. The minimum absolute atomic E-state index is 0.0772. The van der Waals surface area contributed by atoms with Gasteiger partial charge >= 0.3 is 12.4 Å². The molecule has 2 aromatic carbocycles. The molecule has 0 saturated heterocycles. The molecule has 1 unspecified atom stereocenters. The molecule has 0 spiro atoms. The Balaban J connectivity index is 2.00. The van der Waals surface area contributed by atoms with E-state index in [9.17, 15) is 26.3 Å². The first-order valence-electron chi connectivity index (χ1n) is 9.98. The van der Waals surface area contributed by atoms with Crippen LogP contribution in [0, 0.1) is 11.3 Å². The summed E-state index contributed by atoms with van der Waals surface area (Å²) in [5.41, 5.74) is 0.362. The number of alkyl halides is 6. The second-order valence-electron chi connectivity index (χ2n) is 9.37. The van der Waals surface area contributed by atoms with Gasteiger partial charge in [0.25, 0.3) is 0 Å². The Bertz CT molecular complexity index is 1050. The maximum Gasteiger partial charge on any atom is 0.416 e. The molecule has 2 aromatic rings. The van der Waals surface area contributed by atoms with Gasteiger partial charge in [-0.3, -0.25) is 0 Å². The maximum atomic E-state index is 13.5. The van der Waals surface area contributed by atoms with Crippen molar-refractivity contribution in [1.82, 2.24) is 0 Å². The Morgan fingerprint density at radius 3 is 1.55 bits per heavy atom. The van der Waals surface area contributed by atoms with Crippen LogP contribution in [0.4, 0.5) is 26.3 Å². The fourth-order valence-corrected chi connectivity index (χ4v) is 5.09. The molecule has 1 atom stereocenters. The lowest BCUT2D eigenvalue weighted by Crippen LogP contribution is -2.41. The van der Waals surface area contributed by atoms with E-state index >= 15 is 0 Å². The summed E-state index contributed by atoms with van der Waals surface area (Å²) in [6.07, 6.45) is -7.07. The van der Waals surface area contributed by atoms with Gasteiger partial charge in [0.1, 0.15) is 0 Å². The van der Waals surface area contributed by atoms with Crippen LogP contribution in [0.5, 0.6) is 0 Å². The number of halogens is 6. The van der Waals surface area contributed by atoms with Crippen molar-refractivity contribution in [1.29, 1.82) is 0 Å². The van der Waals surface area contributed by atoms with Crippen molar-refractivity contribution >= 4 is 0 Å². The Morgan fingerprint density at radius 1 is 0.742 bits per heavy atom. The smallest absolute Gasteiger partial charge is 0.166 e. The molecule has 2 bridgehead atoms. The minimum atomic E-state index is -4.55. The van der Waals surface area contributed by atoms with E-state index in [-0.39, 0.29) is 11.3 Å². The van der Waals surface area contributed by atoms with Crippen LogP contribution in [0.25, 0.3) is 0 Å². The van der Waals surface area contributed by atoms with Gasteiger partial charge in [0.05, 0.1) is 16.5 Å². The zero-order chi connectivity index (χ0) is 23.0. The molecule has 0 amide bonds. The Morgan fingerprint density at radius 2 is 1.19 bits per heavy atom. The molecular weight excluding hydrogens is 414 g/mol. The third-order valence-electron chi connectivity index (χ3n) is 6.44. The summed E-state index contributed by atoms with van der Waals surface area (Å²) < 4.78 is 80.9. The lowest BCUT2D eigenvalue weighted by atomic mass is 9.54. The molecule has 6 heteroatoms. The van der Waals surface area contributed by atoms with Crippen molar-refractivity contribution < 1.29 is 26.3 Å². The van der Waals surface area contributed by atoms with Gasteiger partial charge < -0.3 is 0 Å². The van der Waals surface area contributed by atoms with E-state index in [2.05, 4.69) is 0 Å². The van der Waals surface area contributed by atoms with Gasteiger partial charge in [-0.05, 0) is 52.3 Å². The zero-order valence-electron chi connectivity index (χ0n) is 17.5. The number of hydrogen-bond acceptors (Lipinski definition) is 0. The topological polar surface area (TPSA) is 0 Å². The first kappa shape index (κ1) is 21.7. The van der Waals surface area contributed by atoms with Crippen molar-refractivity contribution in [2.75, 3.05) is 0 Å². The Labute approximate surface area is 177 Å². The second-order valence-corrected chi connectivity index (χ2v) is 9.37. The van der Waals surface area contributed by atoms with Crippen LogP contribution in [-0.2, 0) is 17.8 Å². The molecule has 0 heterocycles. The monoisotopic (exact) mass is 436 g/mol. The van der Waals surface area contributed by atoms with Crippen LogP contribution in [-0.4, -0.2) is 0 Å². The third kappa shape index (κ3) is 3.14. The largest absolute Gasteiger partial charge is 0.416 e. The van der Waals surface area contributed by atoms with Gasteiger partial charge in [0.2, 0.25) is 0 Å². The highest BCUT2D eigenvalue weighted by Gasteiger charge is 2.59. The summed E-state index contributed by atoms with van der Waals surface area (Å²) in [7, 11) is 0. The van der Waals surface area contributed by atoms with E-state index in [1.54, 1.807) is 12.1 Å². The van der Waals surface area contributed by atoms with Crippen molar-refractivity contribution in [3.8, 4) is 0 Å². The van der Waals surface area contributed by atoms with Gasteiger partial charge in [-0.25, -0.2) is 0 Å². The molecule has 0 aromatic heterocycles. The quantitative estimate of drug-likeness (QED) is 0.419. The lowest BCUT2D eigenvalue weighted by Gasteiger charge is -2.48. The normalized spacial score (nSPS) is 20.6. The van der Waals surface area contributed by atoms with Crippen LogP contribution >= 0.6 is 0 Å². The predicted octanol–water partition coefficient (Wildman–Crippen LogP) is 7.94. The fourth-order valence-electron chi connectivity index (χ4n) is 5.09. The summed E-state index contributed by atoms with van der Waals surface area (Å²) in [5.74, 6) is -0.0772. The van der Waals surface area contributed by atoms with E-state index in [0.717, 1.165) is 41.0 Å². The number of benzene rings is 2. The average molecular weight is 436 g/mol. The van der Waals surface area contributed by atoms with Crippen LogP contribution in [0.2, 0.25) is 0 Å². The Kier molecular flexibility index (Phi) is 4.56. The van der Waals surface area contributed by atoms with Crippen LogP contribution < -0.4 is 0 Å². The molecule has 164 valence electrons. The van der Waals surface area contributed by atoms with Crippen molar-refractivity contribution in [2.45, 2.75) is 45.5 Å². The highest BCUT2D eigenvalue weighted by Crippen LogP contribution is 2.67.